The summed E-state index contributed by atoms with van der Waals surface area (Å²) in [6, 6.07) is 6.64. The first kappa shape index (κ1) is 13.2. The zero-order valence-corrected chi connectivity index (χ0v) is 11.0. The van der Waals surface area contributed by atoms with Crippen LogP contribution in [-0.2, 0) is 6.54 Å². The van der Waals surface area contributed by atoms with Crippen LogP contribution in [0.4, 0.5) is 0 Å². The minimum atomic E-state index is 0.591. The topological polar surface area (TPSA) is 39.1 Å². The first-order valence-electron chi connectivity index (χ1n) is 5.53. The molecule has 0 aliphatic carbocycles. The molecule has 0 spiro atoms. The van der Waals surface area contributed by atoms with Gasteiger partial charge in [-0.05, 0) is 33.0 Å². The van der Waals surface area contributed by atoms with Crippen LogP contribution in [0.15, 0.2) is 12.1 Å². The van der Waals surface area contributed by atoms with Crippen LogP contribution >= 0.6 is 11.3 Å². The Labute approximate surface area is 102 Å². The van der Waals surface area contributed by atoms with E-state index in [1.807, 2.05) is 12.1 Å². The van der Waals surface area contributed by atoms with E-state index in [1.165, 1.54) is 4.88 Å². The summed E-state index contributed by atoms with van der Waals surface area (Å²) in [6.07, 6.45) is 0. The molecule has 0 bridgehead atoms. The highest BCUT2D eigenvalue weighted by Gasteiger charge is 2.02. The van der Waals surface area contributed by atoms with Crippen LogP contribution in [0.3, 0.4) is 0 Å². The van der Waals surface area contributed by atoms with Gasteiger partial charge in [0.2, 0.25) is 0 Å². The van der Waals surface area contributed by atoms with E-state index in [1.54, 1.807) is 11.3 Å². The predicted molar refractivity (Wildman–Crippen MR) is 68.5 cm³/mol. The second-order valence-corrected chi connectivity index (χ2v) is 5.30. The molecule has 1 aromatic rings. The molecule has 0 fully saturated rings. The number of thiophene rings is 1. The Bertz CT molecular complexity index is 351. The minimum Gasteiger partial charge on any atom is -0.311 e. The van der Waals surface area contributed by atoms with Gasteiger partial charge in [-0.1, -0.05) is 0 Å². The lowest BCUT2D eigenvalue weighted by molar-refractivity contribution is 0.273. The average Bonchev–Trinajstić information content (AvgIpc) is 2.71. The highest BCUT2D eigenvalue weighted by molar-refractivity contribution is 7.12. The van der Waals surface area contributed by atoms with E-state index < -0.39 is 0 Å². The molecule has 1 N–H and O–H groups in total. The minimum absolute atomic E-state index is 0.591. The standard InChI is InChI=1S/C12H19N3S/c1-10(2)15(3)7-6-14-9-12-5-4-11(8-13)16-12/h4-5,10,14H,6-7,9H2,1-3H3. The van der Waals surface area contributed by atoms with E-state index in [-0.39, 0.29) is 0 Å². The number of hydrogen-bond acceptors (Lipinski definition) is 4. The summed E-state index contributed by atoms with van der Waals surface area (Å²) in [7, 11) is 2.13. The molecular formula is C12H19N3S. The first-order chi connectivity index (χ1) is 7.63. The Morgan fingerprint density at radius 3 is 2.81 bits per heavy atom. The molecule has 4 heteroatoms. The Balaban J connectivity index is 2.19. The van der Waals surface area contributed by atoms with Gasteiger partial charge < -0.3 is 10.2 Å². The monoisotopic (exact) mass is 237 g/mol. The number of hydrogen-bond donors (Lipinski definition) is 1. The Kier molecular flexibility index (Phi) is 5.47. The molecule has 16 heavy (non-hydrogen) atoms. The van der Waals surface area contributed by atoms with Gasteiger partial charge in [0.05, 0.1) is 0 Å². The SMILES string of the molecule is CC(C)N(C)CCNCc1ccc(C#N)s1. The number of nitrogens with one attached hydrogen (secondary N) is 1. The number of nitriles is 1. The normalized spacial score (nSPS) is 11.0. The molecule has 0 saturated heterocycles. The van der Waals surface area contributed by atoms with Crippen LogP contribution in [0, 0.1) is 11.3 Å². The van der Waals surface area contributed by atoms with E-state index in [4.69, 9.17) is 5.26 Å². The number of rotatable bonds is 6. The summed E-state index contributed by atoms with van der Waals surface area (Å²) in [5.41, 5.74) is 0. The van der Waals surface area contributed by atoms with Crippen molar-refractivity contribution in [2.45, 2.75) is 26.4 Å². The number of nitrogens with zero attached hydrogens (tertiary/aromatic N) is 2. The molecule has 88 valence electrons. The van der Waals surface area contributed by atoms with E-state index in [9.17, 15) is 0 Å². The van der Waals surface area contributed by atoms with Crippen LogP contribution in [0.5, 0.6) is 0 Å². The van der Waals surface area contributed by atoms with Gasteiger partial charge in [-0.15, -0.1) is 11.3 Å². The second-order valence-electron chi connectivity index (χ2n) is 4.13. The summed E-state index contributed by atoms with van der Waals surface area (Å²) in [5.74, 6) is 0. The fraction of sp³-hybridized carbons (Fsp3) is 0.583. The van der Waals surface area contributed by atoms with Crippen LogP contribution < -0.4 is 5.32 Å². The Morgan fingerprint density at radius 1 is 1.50 bits per heavy atom. The lowest BCUT2D eigenvalue weighted by Gasteiger charge is -2.20. The third kappa shape index (κ3) is 4.31. The van der Waals surface area contributed by atoms with Crippen molar-refractivity contribution in [1.29, 1.82) is 5.26 Å². The van der Waals surface area contributed by atoms with Gasteiger partial charge in [0.25, 0.3) is 0 Å². The van der Waals surface area contributed by atoms with Crippen molar-refractivity contribution in [3.05, 3.63) is 21.9 Å². The third-order valence-electron chi connectivity index (χ3n) is 2.59. The summed E-state index contributed by atoms with van der Waals surface area (Å²) < 4.78 is 0. The second kappa shape index (κ2) is 6.64. The van der Waals surface area contributed by atoms with Crippen LogP contribution in [0.25, 0.3) is 0 Å². The molecule has 3 nitrogen and oxygen atoms in total. The molecule has 1 aromatic heterocycles. The quantitative estimate of drug-likeness (QED) is 0.770. The maximum atomic E-state index is 8.69. The molecule has 0 amide bonds. The van der Waals surface area contributed by atoms with Gasteiger partial charge in [-0.25, -0.2) is 0 Å². The van der Waals surface area contributed by atoms with Crippen molar-refractivity contribution in [3.8, 4) is 6.07 Å². The van der Waals surface area contributed by atoms with Gasteiger partial charge in [0, 0.05) is 30.6 Å². The Hall–Kier alpha value is -0.890. The van der Waals surface area contributed by atoms with Gasteiger partial charge in [0.1, 0.15) is 10.9 Å². The van der Waals surface area contributed by atoms with Gasteiger partial charge in [-0.3, -0.25) is 0 Å². The highest BCUT2D eigenvalue weighted by Crippen LogP contribution is 2.14. The smallest absolute Gasteiger partial charge is 0.110 e. The first-order valence-corrected chi connectivity index (χ1v) is 6.35. The number of likely N-dealkylation sites (N-methyl/N-ethyl adjacent to an activating group) is 1. The van der Waals surface area contributed by atoms with Crippen molar-refractivity contribution in [3.63, 3.8) is 0 Å². The van der Waals surface area contributed by atoms with E-state index in [0.717, 1.165) is 24.5 Å². The van der Waals surface area contributed by atoms with Crippen LogP contribution in [-0.4, -0.2) is 31.1 Å². The molecule has 0 aliphatic heterocycles. The molecule has 0 atom stereocenters. The van der Waals surface area contributed by atoms with Crippen molar-refractivity contribution in [2.24, 2.45) is 0 Å². The maximum Gasteiger partial charge on any atom is 0.110 e. The molecule has 1 rings (SSSR count). The molecular weight excluding hydrogens is 218 g/mol. The zero-order valence-electron chi connectivity index (χ0n) is 10.2. The van der Waals surface area contributed by atoms with Crippen molar-refractivity contribution < 1.29 is 0 Å². The van der Waals surface area contributed by atoms with Crippen molar-refractivity contribution in [1.82, 2.24) is 10.2 Å². The summed E-state index contributed by atoms with van der Waals surface area (Å²) in [5, 5.41) is 12.1. The fourth-order valence-corrected chi connectivity index (χ4v) is 2.03. The van der Waals surface area contributed by atoms with Crippen molar-refractivity contribution in [2.75, 3.05) is 20.1 Å². The molecule has 1 heterocycles. The van der Waals surface area contributed by atoms with E-state index >= 15 is 0 Å². The van der Waals surface area contributed by atoms with E-state index in [2.05, 4.69) is 37.2 Å². The predicted octanol–water partition coefficient (Wildman–Crippen LogP) is 2.05. The van der Waals surface area contributed by atoms with Crippen LogP contribution in [0.1, 0.15) is 23.6 Å². The van der Waals surface area contributed by atoms with E-state index in [0.29, 0.717) is 6.04 Å². The van der Waals surface area contributed by atoms with Crippen molar-refractivity contribution >= 4 is 11.3 Å². The van der Waals surface area contributed by atoms with Crippen LogP contribution in [0.2, 0.25) is 0 Å². The summed E-state index contributed by atoms with van der Waals surface area (Å²) in [6.45, 7) is 7.28. The Morgan fingerprint density at radius 2 is 2.25 bits per heavy atom. The lowest BCUT2D eigenvalue weighted by Crippen LogP contribution is -2.33. The highest BCUT2D eigenvalue weighted by atomic mass is 32.1. The average molecular weight is 237 g/mol. The third-order valence-corrected chi connectivity index (χ3v) is 3.58. The summed E-state index contributed by atoms with van der Waals surface area (Å²) >= 11 is 1.56. The zero-order chi connectivity index (χ0) is 12.0. The molecule has 0 aliphatic rings. The molecule has 0 unspecified atom stereocenters. The van der Waals surface area contributed by atoms with Gasteiger partial charge in [0.15, 0.2) is 0 Å². The largest absolute Gasteiger partial charge is 0.311 e. The molecule has 0 radical (unpaired) electrons. The summed E-state index contributed by atoms with van der Waals surface area (Å²) in [4.78, 5) is 4.32. The molecule has 0 saturated carbocycles. The maximum absolute atomic E-state index is 8.69. The van der Waals surface area contributed by atoms with Gasteiger partial charge >= 0.3 is 0 Å². The van der Waals surface area contributed by atoms with Gasteiger partial charge in [-0.2, -0.15) is 5.26 Å². The fourth-order valence-electron chi connectivity index (χ4n) is 1.26. The molecule has 0 aromatic carbocycles. The lowest BCUT2D eigenvalue weighted by atomic mass is 10.3.